The van der Waals surface area contributed by atoms with Crippen LogP contribution in [0.15, 0.2) is 21.4 Å². The zero-order valence-corrected chi connectivity index (χ0v) is 12.5. The summed E-state index contributed by atoms with van der Waals surface area (Å²) >= 11 is 5.77. The number of benzene rings is 1. The Morgan fingerprint density at radius 2 is 2.00 bits per heavy atom. The summed E-state index contributed by atoms with van der Waals surface area (Å²) in [6.07, 6.45) is 0. The summed E-state index contributed by atoms with van der Waals surface area (Å²) in [5.74, 6) is -1.10. The molecule has 0 saturated heterocycles. The van der Waals surface area contributed by atoms with E-state index >= 15 is 0 Å². The van der Waals surface area contributed by atoms with Gasteiger partial charge in [0.2, 0.25) is 5.89 Å². The Kier molecular flexibility index (Phi) is 3.88. The maximum absolute atomic E-state index is 12.3. The van der Waals surface area contributed by atoms with Gasteiger partial charge in [-0.2, -0.15) is 0 Å². The normalized spacial score (nSPS) is 11.4. The minimum Gasteiger partial charge on any atom is -0.478 e. The number of aryl methyl sites for hydroxylation is 1. The fourth-order valence-electron chi connectivity index (χ4n) is 1.66. The molecule has 0 saturated carbocycles. The van der Waals surface area contributed by atoms with Gasteiger partial charge in [0, 0.05) is 11.9 Å². The van der Waals surface area contributed by atoms with Crippen molar-refractivity contribution in [3.8, 4) is 0 Å². The average Bonchev–Trinajstić information content (AvgIpc) is 2.76. The smallest absolute Gasteiger partial charge is 0.336 e. The predicted octanol–water partition coefficient (Wildman–Crippen LogP) is 1.84. The van der Waals surface area contributed by atoms with Crippen molar-refractivity contribution < 1.29 is 22.7 Å². The molecule has 0 aliphatic carbocycles. The molecule has 2 N–H and O–H groups in total. The van der Waals surface area contributed by atoms with E-state index in [0.29, 0.717) is 0 Å². The molecule has 0 aliphatic heterocycles. The van der Waals surface area contributed by atoms with Crippen LogP contribution in [0.25, 0.3) is 0 Å². The lowest BCUT2D eigenvalue weighted by Gasteiger charge is -2.10. The van der Waals surface area contributed by atoms with Crippen LogP contribution in [-0.4, -0.2) is 29.7 Å². The summed E-state index contributed by atoms with van der Waals surface area (Å²) in [5, 5.41) is 16.0. The molecule has 0 atom stereocenters. The van der Waals surface area contributed by atoms with Gasteiger partial charge in [0.15, 0.2) is 0 Å². The van der Waals surface area contributed by atoms with E-state index < -0.39 is 16.0 Å². The number of carbonyl (C=O) groups is 1. The highest BCUT2D eigenvalue weighted by atomic mass is 35.5. The number of sulfonamides is 1. The van der Waals surface area contributed by atoms with Gasteiger partial charge in [-0.15, -0.1) is 5.10 Å². The van der Waals surface area contributed by atoms with E-state index in [1.807, 2.05) is 0 Å². The lowest BCUT2D eigenvalue weighted by molar-refractivity contribution is 0.0696. The van der Waals surface area contributed by atoms with Gasteiger partial charge >= 0.3 is 12.0 Å². The van der Waals surface area contributed by atoms with E-state index in [9.17, 15) is 13.2 Å². The molecule has 0 fully saturated rings. The molecule has 0 amide bonds. The van der Waals surface area contributed by atoms with Crippen LogP contribution in [-0.2, 0) is 10.0 Å². The van der Waals surface area contributed by atoms with Gasteiger partial charge in [-0.1, -0.05) is 16.7 Å². The monoisotopic (exact) mass is 331 g/mol. The van der Waals surface area contributed by atoms with Crippen molar-refractivity contribution in [3.05, 3.63) is 34.2 Å². The third-order valence-electron chi connectivity index (χ3n) is 2.59. The number of rotatable bonds is 4. The fraction of sp³-hybridized carbons (Fsp3) is 0.182. The van der Waals surface area contributed by atoms with E-state index in [4.69, 9.17) is 21.1 Å². The van der Waals surface area contributed by atoms with Gasteiger partial charge in [0.25, 0.3) is 10.0 Å². The zero-order valence-electron chi connectivity index (χ0n) is 10.9. The van der Waals surface area contributed by atoms with Crippen molar-refractivity contribution in [3.63, 3.8) is 0 Å². The average molecular weight is 332 g/mol. The summed E-state index contributed by atoms with van der Waals surface area (Å²) in [4.78, 5) is 10.8. The lowest BCUT2D eigenvalue weighted by Crippen LogP contribution is -2.16. The molecular formula is C11H10ClN3O5S. The first-order chi connectivity index (χ1) is 9.70. The van der Waals surface area contributed by atoms with Crippen molar-refractivity contribution in [2.45, 2.75) is 18.7 Å². The first-order valence-corrected chi connectivity index (χ1v) is 7.43. The summed E-state index contributed by atoms with van der Waals surface area (Å²) in [6.45, 7) is 2.87. The molecule has 112 valence electrons. The summed E-state index contributed by atoms with van der Waals surface area (Å²) in [5.41, 5.74) is -0.153. The van der Waals surface area contributed by atoms with Crippen molar-refractivity contribution >= 4 is 33.6 Å². The van der Waals surface area contributed by atoms with Gasteiger partial charge in [-0.25, -0.2) is 17.9 Å². The van der Waals surface area contributed by atoms with Crippen LogP contribution in [0.2, 0.25) is 5.02 Å². The first-order valence-electron chi connectivity index (χ1n) is 5.57. The largest absolute Gasteiger partial charge is 0.478 e. The fourth-order valence-corrected chi connectivity index (χ4v) is 3.16. The Balaban J connectivity index is 2.52. The Morgan fingerprint density at radius 1 is 1.33 bits per heavy atom. The number of anilines is 1. The SMILES string of the molecule is Cc1nnc(NS(=O)(=O)c2cc(Cl)cc(C(=O)O)c2C)o1. The van der Waals surface area contributed by atoms with Crippen LogP contribution in [0.5, 0.6) is 0 Å². The quantitative estimate of drug-likeness (QED) is 0.876. The van der Waals surface area contributed by atoms with Crippen molar-refractivity contribution in [2.24, 2.45) is 0 Å². The minimum absolute atomic E-state index is 0.0138. The van der Waals surface area contributed by atoms with Crippen LogP contribution >= 0.6 is 11.6 Å². The summed E-state index contributed by atoms with van der Waals surface area (Å²) in [6, 6.07) is 2.01. The van der Waals surface area contributed by atoms with E-state index in [1.54, 1.807) is 0 Å². The summed E-state index contributed by atoms with van der Waals surface area (Å²) < 4.78 is 31.5. The number of nitrogens with one attached hydrogen (secondary N) is 1. The molecular weight excluding hydrogens is 322 g/mol. The Hall–Kier alpha value is -2.13. The van der Waals surface area contributed by atoms with Crippen LogP contribution in [0.4, 0.5) is 6.01 Å². The molecule has 0 aliphatic rings. The highest BCUT2D eigenvalue weighted by Crippen LogP contribution is 2.26. The topological polar surface area (TPSA) is 122 Å². The number of nitrogens with zero attached hydrogens (tertiary/aromatic N) is 2. The molecule has 1 aromatic heterocycles. The van der Waals surface area contributed by atoms with E-state index in [1.165, 1.54) is 19.9 Å². The van der Waals surface area contributed by atoms with Gasteiger partial charge in [-0.3, -0.25) is 0 Å². The zero-order chi connectivity index (χ0) is 15.8. The molecule has 21 heavy (non-hydrogen) atoms. The standard InChI is InChI=1S/C11H10ClN3O5S/c1-5-8(10(16)17)3-7(12)4-9(5)21(18,19)15-11-14-13-6(2)20-11/h3-4H,1-2H3,(H,14,15)(H,16,17). The lowest BCUT2D eigenvalue weighted by atomic mass is 10.1. The molecule has 0 unspecified atom stereocenters. The molecule has 1 heterocycles. The Bertz CT molecular complexity index is 815. The molecule has 2 rings (SSSR count). The van der Waals surface area contributed by atoms with Crippen LogP contribution in [0.3, 0.4) is 0 Å². The summed E-state index contributed by atoms with van der Waals surface area (Å²) in [7, 11) is -4.10. The second kappa shape index (κ2) is 5.34. The van der Waals surface area contributed by atoms with Crippen LogP contribution in [0, 0.1) is 13.8 Å². The first kappa shape index (κ1) is 15.3. The number of carboxylic acid groups (broad SMARTS) is 1. The van der Waals surface area contributed by atoms with Crippen LogP contribution < -0.4 is 4.72 Å². The number of halogens is 1. The predicted molar refractivity (Wildman–Crippen MR) is 73.0 cm³/mol. The molecule has 0 radical (unpaired) electrons. The van der Waals surface area contributed by atoms with E-state index in [2.05, 4.69) is 14.9 Å². The van der Waals surface area contributed by atoms with Crippen molar-refractivity contribution in [1.29, 1.82) is 0 Å². The minimum atomic E-state index is -4.10. The van der Waals surface area contributed by atoms with Gasteiger partial charge in [0.05, 0.1) is 10.5 Å². The molecule has 0 spiro atoms. The highest BCUT2D eigenvalue weighted by Gasteiger charge is 2.24. The highest BCUT2D eigenvalue weighted by molar-refractivity contribution is 7.92. The molecule has 0 bridgehead atoms. The molecule has 8 nitrogen and oxygen atoms in total. The Labute approximate surface area is 124 Å². The molecule has 10 heteroatoms. The van der Waals surface area contributed by atoms with E-state index in [-0.39, 0.29) is 33.0 Å². The van der Waals surface area contributed by atoms with Gasteiger partial charge < -0.3 is 9.52 Å². The number of aromatic carboxylic acids is 1. The van der Waals surface area contributed by atoms with E-state index in [0.717, 1.165) is 6.07 Å². The number of aromatic nitrogens is 2. The number of hydrogen-bond acceptors (Lipinski definition) is 6. The maximum atomic E-state index is 12.3. The Morgan fingerprint density at radius 3 is 2.52 bits per heavy atom. The number of hydrogen-bond donors (Lipinski definition) is 2. The van der Waals surface area contributed by atoms with Crippen LogP contribution in [0.1, 0.15) is 21.8 Å². The third-order valence-corrected chi connectivity index (χ3v) is 4.26. The number of carboxylic acids is 1. The third kappa shape index (κ3) is 3.14. The van der Waals surface area contributed by atoms with Crippen molar-refractivity contribution in [2.75, 3.05) is 4.72 Å². The van der Waals surface area contributed by atoms with Gasteiger partial charge in [0.1, 0.15) is 0 Å². The molecule has 1 aromatic carbocycles. The second-order valence-corrected chi connectivity index (χ2v) is 6.20. The molecule has 2 aromatic rings. The maximum Gasteiger partial charge on any atom is 0.336 e. The van der Waals surface area contributed by atoms with Crippen molar-refractivity contribution in [1.82, 2.24) is 10.2 Å². The van der Waals surface area contributed by atoms with Gasteiger partial charge in [-0.05, 0) is 24.6 Å². The second-order valence-electron chi connectivity index (χ2n) is 4.11.